The number of amides is 1. The van der Waals surface area contributed by atoms with Crippen LogP contribution in [0.1, 0.15) is 40.3 Å². The van der Waals surface area contributed by atoms with Crippen LogP contribution in [0.2, 0.25) is 0 Å². The number of hydrogen-bond acceptors (Lipinski definition) is 4. The lowest BCUT2D eigenvalue weighted by atomic mass is 9.96. The van der Waals surface area contributed by atoms with E-state index in [0.29, 0.717) is 5.11 Å². The molecule has 2 unspecified atom stereocenters. The monoisotopic (exact) mass is 603 g/mol. The Balaban J connectivity index is 1.61. The lowest BCUT2D eigenvalue weighted by Gasteiger charge is -2.29. The molecule has 1 aliphatic rings. The lowest BCUT2D eigenvalue weighted by Crippen LogP contribution is -2.29. The molecule has 0 bridgehead atoms. The van der Waals surface area contributed by atoms with Crippen LogP contribution in [0.3, 0.4) is 0 Å². The van der Waals surface area contributed by atoms with Gasteiger partial charge in [0.05, 0.1) is 17.8 Å². The van der Waals surface area contributed by atoms with Gasteiger partial charge in [0.25, 0.3) is 0 Å². The number of carbonyl (C=O) groups excluding carboxylic acids is 1. The molecule has 4 aromatic rings. The van der Waals surface area contributed by atoms with Crippen molar-refractivity contribution in [3.05, 3.63) is 106 Å². The Labute approximate surface area is 242 Å². The van der Waals surface area contributed by atoms with Gasteiger partial charge in [-0.3, -0.25) is 9.78 Å². The van der Waals surface area contributed by atoms with Gasteiger partial charge in [-0.2, -0.15) is 0 Å². The topological polar surface area (TPSA) is 71.4 Å². The molecule has 39 heavy (non-hydrogen) atoms. The largest absolute Gasteiger partial charge is 0.375 e. The van der Waals surface area contributed by atoms with E-state index in [-0.39, 0.29) is 24.6 Å². The number of benzene rings is 2. The molecule has 2 aromatic carbocycles. The number of methoxy groups -OCH3 is 1. The average Bonchev–Trinajstić information content (AvgIpc) is 3.40. The van der Waals surface area contributed by atoms with Crippen molar-refractivity contribution in [3.63, 3.8) is 0 Å². The van der Waals surface area contributed by atoms with Gasteiger partial charge in [0.1, 0.15) is 6.61 Å². The summed E-state index contributed by atoms with van der Waals surface area (Å²) < 4.78 is 8.26. The zero-order chi connectivity index (χ0) is 27.7. The molecule has 5 rings (SSSR count). The normalized spacial score (nSPS) is 16.8. The first-order chi connectivity index (χ1) is 18.8. The SMILES string of the molecule is COCC(=O)Nc1ccc(N2C(=S)NC(c3ccccn3)C2c2cc(C)n(-c3cccc(Br)c3)c2C)cc1C. The maximum absolute atomic E-state index is 12.1. The number of nitrogens with zero attached hydrogens (tertiary/aromatic N) is 3. The molecule has 1 aliphatic heterocycles. The number of aromatic nitrogens is 2. The van der Waals surface area contributed by atoms with E-state index < -0.39 is 0 Å². The predicted molar refractivity (Wildman–Crippen MR) is 163 cm³/mol. The molecule has 2 N–H and O–H groups in total. The highest BCUT2D eigenvalue weighted by Crippen LogP contribution is 2.44. The van der Waals surface area contributed by atoms with E-state index in [1.54, 1.807) is 0 Å². The van der Waals surface area contributed by atoms with Crippen LogP contribution in [0.4, 0.5) is 11.4 Å². The van der Waals surface area contributed by atoms with E-state index in [0.717, 1.165) is 49.7 Å². The van der Waals surface area contributed by atoms with E-state index in [1.165, 1.54) is 7.11 Å². The third-order valence-electron chi connectivity index (χ3n) is 6.99. The second kappa shape index (κ2) is 11.3. The van der Waals surface area contributed by atoms with Crippen molar-refractivity contribution in [3.8, 4) is 5.69 Å². The van der Waals surface area contributed by atoms with Gasteiger partial charge in [-0.1, -0.05) is 28.1 Å². The minimum absolute atomic E-state index is 0.00273. The molecule has 2 atom stereocenters. The van der Waals surface area contributed by atoms with Gasteiger partial charge in [0, 0.05) is 46.2 Å². The number of carbonyl (C=O) groups is 1. The first kappa shape index (κ1) is 27.1. The molecule has 9 heteroatoms. The Bertz CT molecular complexity index is 1540. The van der Waals surface area contributed by atoms with Gasteiger partial charge in [-0.15, -0.1) is 0 Å². The van der Waals surface area contributed by atoms with Crippen molar-refractivity contribution in [2.45, 2.75) is 32.9 Å². The highest BCUT2D eigenvalue weighted by atomic mass is 79.9. The summed E-state index contributed by atoms with van der Waals surface area (Å²) in [6.45, 7) is 6.25. The van der Waals surface area contributed by atoms with Crippen LogP contribution in [0, 0.1) is 20.8 Å². The van der Waals surface area contributed by atoms with Crippen molar-refractivity contribution >= 4 is 50.5 Å². The van der Waals surface area contributed by atoms with Gasteiger partial charge in [0.15, 0.2) is 5.11 Å². The van der Waals surface area contributed by atoms with Crippen LogP contribution in [-0.2, 0) is 9.53 Å². The molecular weight excluding hydrogens is 574 g/mol. The number of hydrogen-bond donors (Lipinski definition) is 2. The van der Waals surface area contributed by atoms with E-state index in [9.17, 15) is 4.79 Å². The van der Waals surface area contributed by atoms with E-state index in [1.807, 2.05) is 55.6 Å². The maximum Gasteiger partial charge on any atom is 0.250 e. The van der Waals surface area contributed by atoms with E-state index in [2.05, 4.69) is 79.1 Å². The Morgan fingerprint density at radius 2 is 1.90 bits per heavy atom. The smallest absolute Gasteiger partial charge is 0.250 e. The highest BCUT2D eigenvalue weighted by molar-refractivity contribution is 9.10. The zero-order valence-electron chi connectivity index (χ0n) is 22.2. The number of ether oxygens (including phenoxy) is 1. The van der Waals surface area contributed by atoms with Crippen LogP contribution in [0.5, 0.6) is 0 Å². The number of thiocarbonyl (C=S) groups is 1. The molecule has 0 radical (unpaired) electrons. The Hall–Kier alpha value is -3.53. The summed E-state index contributed by atoms with van der Waals surface area (Å²) in [5, 5.41) is 7.08. The summed E-state index contributed by atoms with van der Waals surface area (Å²) >= 11 is 9.55. The number of pyridine rings is 1. The van der Waals surface area contributed by atoms with E-state index in [4.69, 9.17) is 17.0 Å². The van der Waals surface area contributed by atoms with Gasteiger partial charge < -0.3 is 24.8 Å². The third kappa shape index (κ3) is 5.34. The minimum Gasteiger partial charge on any atom is -0.375 e. The van der Waals surface area contributed by atoms with Gasteiger partial charge in [-0.25, -0.2) is 0 Å². The Kier molecular flexibility index (Phi) is 7.83. The predicted octanol–water partition coefficient (Wildman–Crippen LogP) is 6.32. The molecule has 0 saturated carbocycles. The van der Waals surface area contributed by atoms with Crippen LogP contribution in [0.25, 0.3) is 5.69 Å². The zero-order valence-corrected chi connectivity index (χ0v) is 24.6. The number of nitrogens with one attached hydrogen (secondary N) is 2. The van der Waals surface area contributed by atoms with Crippen molar-refractivity contribution in [2.24, 2.45) is 0 Å². The van der Waals surface area contributed by atoms with Gasteiger partial charge >= 0.3 is 0 Å². The fraction of sp³-hybridized carbons (Fsp3) is 0.233. The van der Waals surface area contributed by atoms with Crippen LogP contribution in [-0.4, -0.2) is 34.3 Å². The van der Waals surface area contributed by atoms with Crippen molar-refractivity contribution in [1.29, 1.82) is 0 Å². The summed E-state index contributed by atoms with van der Waals surface area (Å²) in [6.07, 6.45) is 1.81. The summed E-state index contributed by atoms with van der Waals surface area (Å²) in [5.74, 6) is -0.195. The number of anilines is 2. The highest BCUT2D eigenvalue weighted by Gasteiger charge is 2.42. The quantitative estimate of drug-likeness (QED) is 0.241. The van der Waals surface area contributed by atoms with E-state index >= 15 is 0 Å². The standard InChI is InChI=1S/C30H30BrN5O2S/c1-18-14-23(11-12-25(18)33-27(37)17-38-4)36-29(28(34-30(36)39)26-10-5-6-13-32-26)24-15-19(2)35(20(24)3)22-9-7-8-21(31)16-22/h5-16,28-29H,17H2,1-4H3,(H,33,37)(H,34,39). The molecule has 7 nitrogen and oxygen atoms in total. The first-order valence-electron chi connectivity index (χ1n) is 12.6. The molecule has 1 saturated heterocycles. The van der Waals surface area contributed by atoms with Crippen molar-refractivity contribution < 1.29 is 9.53 Å². The van der Waals surface area contributed by atoms with Crippen molar-refractivity contribution in [2.75, 3.05) is 23.9 Å². The minimum atomic E-state index is -0.195. The third-order valence-corrected chi connectivity index (χ3v) is 7.80. The number of halogens is 1. The second-order valence-corrected chi connectivity index (χ2v) is 10.9. The molecule has 200 valence electrons. The van der Waals surface area contributed by atoms with Crippen LogP contribution >= 0.6 is 28.1 Å². The van der Waals surface area contributed by atoms with Crippen LogP contribution in [0.15, 0.2) is 77.4 Å². The molecule has 0 aliphatic carbocycles. The summed E-state index contributed by atoms with van der Waals surface area (Å²) in [5.41, 5.74) is 8.03. The van der Waals surface area contributed by atoms with Crippen molar-refractivity contribution in [1.82, 2.24) is 14.9 Å². The molecule has 1 amide bonds. The fourth-order valence-electron chi connectivity index (χ4n) is 5.30. The fourth-order valence-corrected chi connectivity index (χ4v) is 6.04. The molecular formula is C30H30BrN5O2S. The summed E-state index contributed by atoms with van der Waals surface area (Å²) in [6, 6.07) is 22.2. The average molecular weight is 605 g/mol. The lowest BCUT2D eigenvalue weighted by molar-refractivity contribution is -0.119. The Morgan fingerprint density at radius 3 is 2.59 bits per heavy atom. The maximum atomic E-state index is 12.1. The molecule has 2 aromatic heterocycles. The number of aryl methyl sites for hydroxylation is 2. The summed E-state index contributed by atoms with van der Waals surface area (Å²) in [7, 11) is 1.50. The Morgan fingerprint density at radius 1 is 1.08 bits per heavy atom. The van der Waals surface area contributed by atoms with Gasteiger partial charge in [-0.05, 0) is 98.7 Å². The van der Waals surface area contributed by atoms with Gasteiger partial charge in [0.2, 0.25) is 5.91 Å². The molecule has 3 heterocycles. The number of rotatable bonds is 7. The summed E-state index contributed by atoms with van der Waals surface area (Å²) in [4.78, 5) is 19.0. The molecule has 1 fully saturated rings. The first-order valence-corrected chi connectivity index (χ1v) is 13.8. The van der Waals surface area contributed by atoms with Crippen LogP contribution < -0.4 is 15.5 Å². The second-order valence-electron chi connectivity index (χ2n) is 9.62. The molecule has 0 spiro atoms.